The van der Waals surface area contributed by atoms with Gasteiger partial charge >= 0.3 is 6.03 Å². The van der Waals surface area contributed by atoms with Gasteiger partial charge in [0, 0.05) is 10.7 Å². The second kappa shape index (κ2) is 6.99. The summed E-state index contributed by atoms with van der Waals surface area (Å²) in [6, 6.07) is 12.6. The van der Waals surface area contributed by atoms with Crippen LogP contribution in [0.4, 0.5) is 10.5 Å². The summed E-state index contributed by atoms with van der Waals surface area (Å²) < 4.78 is 5.41. The number of rotatable bonds is 4. The minimum Gasteiger partial charge on any atom is -0.473 e. The van der Waals surface area contributed by atoms with Gasteiger partial charge in [-0.1, -0.05) is 35.4 Å². The van der Waals surface area contributed by atoms with Crippen molar-refractivity contribution in [1.29, 1.82) is 0 Å². The lowest BCUT2D eigenvalue weighted by Gasteiger charge is -2.10. The monoisotopic (exact) mass is 304 g/mol. The number of carbonyl (C=O) groups is 1. The number of hydrogen-bond donors (Lipinski definition) is 2. The largest absolute Gasteiger partial charge is 0.473 e. The maximum Gasteiger partial charge on any atom is 0.321 e. The van der Waals surface area contributed by atoms with Crippen LogP contribution in [0.3, 0.4) is 0 Å². The fourth-order valence-corrected chi connectivity index (χ4v) is 1.85. The van der Waals surface area contributed by atoms with E-state index in [1.165, 1.54) is 0 Å². The second-order valence-electron chi connectivity index (χ2n) is 4.70. The van der Waals surface area contributed by atoms with Gasteiger partial charge in [-0.2, -0.15) is 0 Å². The van der Waals surface area contributed by atoms with Crippen molar-refractivity contribution in [3.63, 3.8) is 0 Å². The van der Waals surface area contributed by atoms with Crippen LogP contribution in [0.5, 0.6) is 5.75 Å². The fourth-order valence-electron chi connectivity index (χ4n) is 1.67. The Labute approximate surface area is 129 Å². The first kappa shape index (κ1) is 15.2. The van der Waals surface area contributed by atoms with E-state index in [4.69, 9.17) is 16.3 Å². The predicted octanol–water partition coefficient (Wildman–Crippen LogP) is 4.11. The molecule has 2 rings (SSSR count). The van der Waals surface area contributed by atoms with Crippen molar-refractivity contribution < 1.29 is 9.53 Å². The van der Waals surface area contributed by atoms with Crippen molar-refractivity contribution in [2.24, 2.45) is 0 Å². The lowest BCUT2D eigenvalue weighted by Crippen LogP contribution is -2.32. The molecule has 0 saturated heterocycles. The molecule has 0 aliphatic rings. The molecule has 0 radical (unpaired) electrons. The Morgan fingerprint density at radius 1 is 1.14 bits per heavy atom. The van der Waals surface area contributed by atoms with E-state index in [0.717, 1.165) is 11.1 Å². The average molecular weight is 305 g/mol. The fraction of sp³-hybridized carbons (Fsp3) is 0.188. The van der Waals surface area contributed by atoms with Crippen LogP contribution in [-0.4, -0.2) is 12.8 Å². The third kappa shape index (κ3) is 4.68. The molecule has 0 aliphatic carbocycles. The van der Waals surface area contributed by atoms with Gasteiger partial charge in [0.25, 0.3) is 0 Å². The number of anilines is 1. The van der Waals surface area contributed by atoms with Crippen LogP contribution in [0.25, 0.3) is 0 Å². The highest BCUT2D eigenvalue weighted by atomic mass is 35.5. The standard InChI is InChI=1S/C16H17ClN2O2/c1-11-3-7-14(8-4-11)21-10-18-16(20)19-13-6-5-12(2)15(17)9-13/h3-9H,10H2,1-2H3,(H2,18,19,20). The molecule has 0 atom stereocenters. The molecule has 0 bridgehead atoms. The van der Waals surface area contributed by atoms with Gasteiger partial charge in [0.15, 0.2) is 6.73 Å². The zero-order valence-electron chi connectivity index (χ0n) is 11.9. The third-order valence-corrected chi connectivity index (χ3v) is 3.33. The van der Waals surface area contributed by atoms with Gasteiger partial charge in [-0.3, -0.25) is 0 Å². The molecule has 5 heteroatoms. The van der Waals surface area contributed by atoms with E-state index in [9.17, 15) is 4.79 Å². The maximum atomic E-state index is 11.7. The molecule has 2 aromatic carbocycles. The highest BCUT2D eigenvalue weighted by molar-refractivity contribution is 6.31. The predicted molar refractivity (Wildman–Crippen MR) is 85.0 cm³/mol. The Morgan fingerprint density at radius 3 is 2.52 bits per heavy atom. The SMILES string of the molecule is Cc1ccc(OCNC(=O)Nc2ccc(C)c(Cl)c2)cc1. The third-order valence-electron chi connectivity index (χ3n) is 2.92. The molecule has 0 saturated carbocycles. The molecular weight excluding hydrogens is 288 g/mol. The van der Waals surface area contributed by atoms with Gasteiger partial charge in [0.2, 0.25) is 0 Å². The first-order valence-corrected chi connectivity index (χ1v) is 6.93. The number of nitrogens with one attached hydrogen (secondary N) is 2. The summed E-state index contributed by atoms with van der Waals surface area (Å²) in [7, 11) is 0. The molecule has 0 aliphatic heterocycles. The number of urea groups is 1. The number of halogens is 1. The molecule has 0 spiro atoms. The molecular formula is C16H17ClN2O2. The van der Waals surface area contributed by atoms with Gasteiger partial charge in [-0.25, -0.2) is 4.79 Å². The smallest absolute Gasteiger partial charge is 0.321 e. The van der Waals surface area contributed by atoms with E-state index in [1.807, 2.05) is 44.2 Å². The maximum absolute atomic E-state index is 11.7. The molecule has 0 fully saturated rings. The summed E-state index contributed by atoms with van der Waals surface area (Å²) >= 11 is 6.00. The van der Waals surface area contributed by atoms with Crippen molar-refractivity contribution in [2.75, 3.05) is 12.0 Å². The van der Waals surface area contributed by atoms with E-state index in [0.29, 0.717) is 16.5 Å². The summed E-state index contributed by atoms with van der Waals surface area (Å²) in [5.41, 5.74) is 2.76. The van der Waals surface area contributed by atoms with Crippen molar-refractivity contribution in [2.45, 2.75) is 13.8 Å². The van der Waals surface area contributed by atoms with E-state index < -0.39 is 0 Å². The Bertz CT molecular complexity index is 627. The number of hydrogen-bond acceptors (Lipinski definition) is 2. The lowest BCUT2D eigenvalue weighted by molar-refractivity contribution is 0.234. The number of amides is 2. The first-order chi connectivity index (χ1) is 10.0. The lowest BCUT2D eigenvalue weighted by atomic mass is 10.2. The van der Waals surface area contributed by atoms with E-state index in [2.05, 4.69) is 10.6 Å². The second-order valence-corrected chi connectivity index (χ2v) is 5.10. The van der Waals surface area contributed by atoms with Gasteiger partial charge < -0.3 is 15.4 Å². The summed E-state index contributed by atoms with van der Waals surface area (Å²) in [5.74, 6) is 0.708. The van der Waals surface area contributed by atoms with Gasteiger partial charge in [0.05, 0.1) is 0 Å². The van der Waals surface area contributed by atoms with Crippen LogP contribution in [-0.2, 0) is 0 Å². The van der Waals surface area contributed by atoms with Crippen LogP contribution in [0.2, 0.25) is 5.02 Å². The number of ether oxygens (including phenoxy) is 1. The molecule has 21 heavy (non-hydrogen) atoms. The Hall–Kier alpha value is -2.20. The summed E-state index contributed by atoms with van der Waals surface area (Å²) in [6.07, 6.45) is 0. The Morgan fingerprint density at radius 2 is 1.86 bits per heavy atom. The van der Waals surface area contributed by atoms with Crippen LogP contribution < -0.4 is 15.4 Å². The van der Waals surface area contributed by atoms with Crippen LogP contribution in [0.15, 0.2) is 42.5 Å². The minimum atomic E-state index is -0.345. The summed E-state index contributed by atoms with van der Waals surface area (Å²) in [5, 5.41) is 5.92. The van der Waals surface area contributed by atoms with Gasteiger partial charge in [-0.05, 0) is 43.7 Å². The van der Waals surface area contributed by atoms with E-state index in [1.54, 1.807) is 12.1 Å². The van der Waals surface area contributed by atoms with E-state index >= 15 is 0 Å². The van der Waals surface area contributed by atoms with Crippen LogP contribution >= 0.6 is 11.6 Å². The van der Waals surface area contributed by atoms with Crippen molar-refractivity contribution in [3.05, 3.63) is 58.6 Å². The topological polar surface area (TPSA) is 50.4 Å². The molecule has 110 valence electrons. The molecule has 0 aromatic heterocycles. The number of benzene rings is 2. The quantitative estimate of drug-likeness (QED) is 0.835. The molecule has 0 unspecified atom stereocenters. The van der Waals surface area contributed by atoms with Crippen LogP contribution in [0, 0.1) is 13.8 Å². The Kier molecular flexibility index (Phi) is 5.06. The summed E-state index contributed by atoms with van der Waals surface area (Å²) in [6.45, 7) is 4.00. The highest BCUT2D eigenvalue weighted by Gasteiger charge is 2.03. The zero-order chi connectivity index (χ0) is 15.2. The summed E-state index contributed by atoms with van der Waals surface area (Å²) in [4.78, 5) is 11.7. The van der Waals surface area contributed by atoms with Crippen molar-refractivity contribution in [3.8, 4) is 5.75 Å². The van der Waals surface area contributed by atoms with Crippen molar-refractivity contribution in [1.82, 2.24) is 5.32 Å². The highest BCUT2D eigenvalue weighted by Crippen LogP contribution is 2.19. The minimum absolute atomic E-state index is 0.0918. The van der Waals surface area contributed by atoms with E-state index in [-0.39, 0.29) is 12.8 Å². The van der Waals surface area contributed by atoms with Crippen molar-refractivity contribution >= 4 is 23.3 Å². The molecule has 4 nitrogen and oxygen atoms in total. The Balaban J connectivity index is 1.79. The molecule has 2 N–H and O–H groups in total. The normalized spacial score (nSPS) is 10.0. The van der Waals surface area contributed by atoms with Gasteiger partial charge in [0.1, 0.15) is 5.75 Å². The van der Waals surface area contributed by atoms with Crippen LogP contribution in [0.1, 0.15) is 11.1 Å². The number of aryl methyl sites for hydroxylation is 2. The number of carbonyl (C=O) groups excluding carboxylic acids is 1. The average Bonchev–Trinajstić information content (AvgIpc) is 2.45. The zero-order valence-corrected chi connectivity index (χ0v) is 12.7. The first-order valence-electron chi connectivity index (χ1n) is 6.55. The molecule has 0 heterocycles. The molecule has 2 amide bonds. The van der Waals surface area contributed by atoms with Gasteiger partial charge in [-0.15, -0.1) is 0 Å². The molecule has 2 aromatic rings.